The molecule has 0 spiro atoms. The number of amides is 1. The van der Waals surface area contributed by atoms with Gasteiger partial charge in [-0.05, 0) is 49.3 Å². The van der Waals surface area contributed by atoms with Gasteiger partial charge >= 0.3 is 5.97 Å². The molecule has 0 saturated carbocycles. The number of hydrogen-bond acceptors (Lipinski definition) is 5. The monoisotopic (exact) mass is 463 g/mol. The Hall–Kier alpha value is -3.94. The molecule has 3 aromatic rings. The molecule has 1 N–H and O–H groups in total. The van der Waals surface area contributed by atoms with Crippen LogP contribution in [0.25, 0.3) is 10.9 Å². The first-order valence-electron chi connectivity index (χ1n) is 11.1. The van der Waals surface area contributed by atoms with Crippen molar-refractivity contribution >= 4 is 22.8 Å². The zero-order chi connectivity index (χ0) is 24.1. The van der Waals surface area contributed by atoms with E-state index in [1.807, 2.05) is 60.1 Å². The summed E-state index contributed by atoms with van der Waals surface area (Å²) < 4.78 is 26.3. The van der Waals surface area contributed by atoms with E-state index in [2.05, 4.69) is 10.4 Å². The molecule has 0 radical (unpaired) electrons. The van der Waals surface area contributed by atoms with E-state index in [9.17, 15) is 14.0 Å². The number of nitrogens with one attached hydrogen (secondary N) is 1. The van der Waals surface area contributed by atoms with Crippen molar-refractivity contribution in [1.82, 2.24) is 15.1 Å². The van der Waals surface area contributed by atoms with Crippen molar-refractivity contribution in [3.05, 3.63) is 84.3 Å². The first-order valence-corrected chi connectivity index (χ1v) is 11.1. The number of nitrogens with zero attached hydrogens (tertiary/aromatic N) is 2. The van der Waals surface area contributed by atoms with Gasteiger partial charge in [-0.3, -0.25) is 14.3 Å². The second-order valence-corrected chi connectivity index (χ2v) is 8.15. The Morgan fingerprint density at radius 3 is 2.74 bits per heavy atom. The maximum atomic E-state index is 13.3. The molecule has 1 aromatic heterocycles. The number of benzene rings is 2. The highest BCUT2D eigenvalue weighted by Crippen LogP contribution is 2.30. The number of ether oxygens (including phenoxy) is 2. The van der Waals surface area contributed by atoms with Gasteiger partial charge in [0.15, 0.2) is 6.61 Å². The summed E-state index contributed by atoms with van der Waals surface area (Å²) in [6.45, 7) is 2.74. The van der Waals surface area contributed by atoms with E-state index < -0.39 is 24.0 Å². The maximum Gasteiger partial charge on any atom is 0.303 e. The summed E-state index contributed by atoms with van der Waals surface area (Å²) in [5.74, 6) is -0.538. The molecule has 0 aliphatic heterocycles. The summed E-state index contributed by atoms with van der Waals surface area (Å²) in [6.07, 6.45) is 6.63. The lowest BCUT2D eigenvalue weighted by atomic mass is 10.0. The Kier molecular flexibility index (Phi) is 7.06. The van der Waals surface area contributed by atoms with Gasteiger partial charge in [0, 0.05) is 12.3 Å². The zero-order valence-electron chi connectivity index (χ0n) is 19.0. The first kappa shape index (κ1) is 23.2. The molecule has 2 aromatic carbocycles. The molecule has 8 heteroatoms. The second kappa shape index (κ2) is 10.3. The zero-order valence-corrected chi connectivity index (χ0v) is 19.0. The number of rotatable bonds is 8. The van der Waals surface area contributed by atoms with Gasteiger partial charge in [-0.15, -0.1) is 0 Å². The molecule has 0 fully saturated rings. The Bertz CT molecular complexity index is 1240. The number of hydrogen-bond donors (Lipinski definition) is 1. The molecule has 4 rings (SSSR count). The Morgan fingerprint density at radius 2 is 2.03 bits per heavy atom. The number of halogens is 1. The molecular weight excluding hydrogens is 437 g/mol. The molecule has 1 amide bonds. The molecule has 7 nitrogen and oxygen atoms in total. The minimum atomic E-state index is -0.516. The topological polar surface area (TPSA) is 82.5 Å². The minimum Gasteiger partial charge on any atom is -0.484 e. The van der Waals surface area contributed by atoms with Crippen molar-refractivity contribution in [1.29, 1.82) is 0 Å². The predicted molar refractivity (Wildman–Crippen MR) is 126 cm³/mol. The fourth-order valence-corrected chi connectivity index (χ4v) is 3.92. The first-order chi connectivity index (χ1) is 16.4. The highest BCUT2D eigenvalue weighted by atomic mass is 19.1. The van der Waals surface area contributed by atoms with Crippen LogP contribution in [0.1, 0.15) is 38.0 Å². The minimum absolute atomic E-state index is 0.0479. The molecule has 1 aliphatic carbocycles. The van der Waals surface area contributed by atoms with Crippen molar-refractivity contribution in [2.45, 2.75) is 38.5 Å². The van der Waals surface area contributed by atoms with E-state index in [1.165, 1.54) is 13.0 Å². The molecule has 1 heterocycles. The lowest BCUT2D eigenvalue weighted by molar-refractivity contribution is -0.146. The van der Waals surface area contributed by atoms with Gasteiger partial charge in [0.25, 0.3) is 5.91 Å². The molecule has 0 bridgehead atoms. The molecule has 34 heavy (non-hydrogen) atoms. The van der Waals surface area contributed by atoms with Crippen LogP contribution in [0.15, 0.2) is 78.8 Å². The van der Waals surface area contributed by atoms with Crippen molar-refractivity contribution in [2.75, 3.05) is 6.61 Å². The lowest BCUT2D eigenvalue weighted by Gasteiger charge is -2.26. The highest BCUT2D eigenvalue weighted by Gasteiger charge is 2.24. The van der Waals surface area contributed by atoms with Crippen LogP contribution in [-0.4, -0.2) is 34.3 Å². The molecule has 1 aliphatic rings. The van der Waals surface area contributed by atoms with E-state index >= 15 is 0 Å². The molecule has 3 atom stereocenters. The number of allylic oxidation sites excluding steroid dienone is 4. The molecule has 176 valence electrons. The summed E-state index contributed by atoms with van der Waals surface area (Å²) in [7, 11) is 0. The van der Waals surface area contributed by atoms with Crippen LogP contribution in [0, 0.1) is 0 Å². The van der Waals surface area contributed by atoms with Crippen LogP contribution in [0.4, 0.5) is 4.39 Å². The molecule has 0 saturated heterocycles. The summed E-state index contributed by atoms with van der Waals surface area (Å²) in [6, 6.07) is 14.8. The van der Waals surface area contributed by atoms with E-state index in [1.54, 1.807) is 18.3 Å². The smallest absolute Gasteiger partial charge is 0.303 e. The van der Waals surface area contributed by atoms with Gasteiger partial charge in [-0.2, -0.15) is 5.10 Å². The summed E-state index contributed by atoms with van der Waals surface area (Å²) in [5.41, 5.74) is 1.80. The van der Waals surface area contributed by atoms with Gasteiger partial charge in [-0.25, -0.2) is 4.39 Å². The second-order valence-electron chi connectivity index (χ2n) is 8.15. The average Bonchev–Trinajstić information content (AvgIpc) is 3.25. The summed E-state index contributed by atoms with van der Waals surface area (Å²) in [4.78, 5) is 23.2. The summed E-state index contributed by atoms with van der Waals surface area (Å²) >= 11 is 0. The Balaban J connectivity index is 1.54. The summed E-state index contributed by atoms with van der Waals surface area (Å²) in [5, 5.41) is 8.22. The third kappa shape index (κ3) is 5.51. The quantitative estimate of drug-likeness (QED) is 0.495. The fourth-order valence-electron chi connectivity index (χ4n) is 3.92. The predicted octanol–water partition coefficient (Wildman–Crippen LogP) is 4.58. The number of esters is 1. The largest absolute Gasteiger partial charge is 0.484 e. The SMILES string of the molecule is CC(=O)OCC(=O)N[C@@H](C)[C@H](Oc1ccc2c(cnn2C2C=CC(F)=CC2)c1)c1ccccc1. The van der Waals surface area contributed by atoms with Gasteiger partial charge in [0.05, 0.1) is 23.8 Å². The average molecular weight is 464 g/mol. The normalized spacial score (nSPS) is 17.0. The third-order valence-electron chi connectivity index (χ3n) is 5.55. The van der Waals surface area contributed by atoms with Crippen LogP contribution in [0.3, 0.4) is 0 Å². The van der Waals surface area contributed by atoms with Gasteiger partial charge < -0.3 is 14.8 Å². The van der Waals surface area contributed by atoms with Crippen LogP contribution in [-0.2, 0) is 14.3 Å². The molecular formula is C26H26FN3O4. The van der Waals surface area contributed by atoms with Crippen molar-refractivity contribution in [2.24, 2.45) is 0 Å². The molecule has 1 unspecified atom stereocenters. The standard InChI is InChI=1S/C26H26FN3O4/c1-17(29-25(32)16-33-18(2)31)26(19-6-4-3-5-7-19)34-23-12-13-24-20(14-23)15-28-30(24)22-10-8-21(27)9-11-22/h3-10,12-15,17,22,26H,11,16H2,1-2H3,(H,29,32)/t17-,22?,26-/m0/s1. The van der Waals surface area contributed by atoms with Crippen molar-refractivity contribution in [3.63, 3.8) is 0 Å². The van der Waals surface area contributed by atoms with Crippen LogP contribution in [0.2, 0.25) is 0 Å². The number of aromatic nitrogens is 2. The Labute approximate surface area is 196 Å². The lowest BCUT2D eigenvalue weighted by Crippen LogP contribution is -2.41. The van der Waals surface area contributed by atoms with Gasteiger partial charge in [-0.1, -0.05) is 36.4 Å². The highest BCUT2D eigenvalue weighted by molar-refractivity contribution is 5.81. The van der Waals surface area contributed by atoms with Crippen molar-refractivity contribution < 1.29 is 23.5 Å². The van der Waals surface area contributed by atoms with E-state index in [0.717, 1.165) is 16.5 Å². The fraction of sp³-hybridized carbons (Fsp3) is 0.269. The van der Waals surface area contributed by atoms with E-state index in [0.29, 0.717) is 12.2 Å². The van der Waals surface area contributed by atoms with Gasteiger partial charge in [0.2, 0.25) is 0 Å². The third-order valence-corrected chi connectivity index (χ3v) is 5.55. The van der Waals surface area contributed by atoms with Gasteiger partial charge in [0.1, 0.15) is 17.7 Å². The maximum absolute atomic E-state index is 13.3. The van der Waals surface area contributed by atoms with Crippen LogP contribution < -0.4 is 10.1 Å². The number of carbonyl (C=O) groups is 2. The van der Waals surface area contributed by atoms with Crippen LogP contribution >= 0.6 is 0 Å². The van der Waals surface area contributed by atoms with Crippen molar-refractivity contribution in [3.8, 4) is 5.75 Å². The van der Waals surface area contributed by atoms with Crippen LogP contribution in [0.5, 0.6) is 5.75 Å². The number of carbonyl (C=O) groups excluding carboxylic acids is 2. The Morgan fingerprint density at radius 1 is 1.24 bits per heavy atom. The van der Waals surface area contributed by atoms with E-state index in [4.69, 9.17) is 9.47 Å². The van der Waals surface area contributed by atoms with E-state index in [-0.39, 0.29) is 18.5 Å². The number of fused-ring (bicyclic) bond motifs is 1.